The molecule has 1 amide bonds. The third-order valence-electron chi connectivity index (χ3n) is 5.24. The molecule has 2 aliphatic rings. The summed E-state index contributed by atoms with van der Waals surface area (Å²) in [5, 5.41) is 6.83. The zero-order chi connectivity index (χ0) is 18.5. The highest BCUT2D eigenvalue weighted by Gasteiger charge is 2.31. The first-order valence-corrected chi connectivity index (χ1v) is 9.28. The van der Waals surface area contributed by atoms with Crippen LogP contribution in [-0.4, -0.2) is 87.6 Å². The molecule has 0 aliphatic carbocycles. The summed E-state index contributed by atoms with van der Waals surface area (Å²) in [7, 11) is 6.11. The number of nitrogens with zero attached hydrogens (tertiary/aromatic N) is 4. The fraction of sp³-hybridized carbons (Fsp3) is 0.579. The van der Waals surface area contributed by atoms with Crippen LogP contribution in [0.25, 0.3) is 0 Å². The Morgan fingerprint density at radius 1 is 1.19 bits per heavy atom. The Labute approximate surface area is 156 Å². The highest BCUT2D eigenvalue weighted by molar-refractivity contribution is 5.97. The number of amides is 1. The number of rotatable bonds is 4. The lowest BCUT2D eigenvalue weighted by molar-refractivity contribution is -0.117. The van der Waals surface area contributed by atoms with Crippen molar-refractivity contribution < 1.29 is 4.79 Å². The van der Waals surface area contributed by atoms with Crippen LogP contribution in [0.3, 0.4) is 0 Å². The molecule has 7 heteroatoms. The van der Waals surface area contributed by atoms with Crippen LogP contribution in [0.5, 0.6) is 0 Å². The fourth-order valence-corrected chi connectivity index (χ4v) is 3.59. The maximum Gasteiger partial charge on any atom is 0.229 e. The predicted octanol–water partition coefficient (Wildman–Crippen LogP) is 0.203. The largest absolute Gasteiger partial charge is 0.355 e. The molecule has 0 saturated carbocycles. The van der Waals surface area contributed by atoms with Gasteiger partial charge in [0.15, 0.2) is 5.96 Å². The van der Waals surface area contributed by atoms with Gasteiger partial charge in [-0.1, -0.05) is 18.2 Å². The summed E-state index contributed by atoms with van der Waals surface area (Å²) in [6.07, 6.45) is 0.488. The lowest BCUT2D eigenvalue weighted by Crippen LogP contribution is -2.56. The fourth-order valence-electron chi connectivity index (χ4n) is 3.59. The SMILES string of the molecule is CN=C(NCC1CN(C)CCN1C)NC1CC(=O)N(c2ccccc2)C1. The molecule has 1 aromatic rings. The first kappa shape index (κ1) is 18.7. The van der Waals surface area contributed by atoms with Gasteiger partial charge < -0.3 is 20.4 Å². The zero-order valence-corrected chi connectivity index (χ0v) is 16.0. The van der Waals surface area contributed by atoms with Crippen LogP contribution in [-0.2, 0) is 4.79 Å². The van der Waals surface area contributed by atoms with Crippen LogP contribution < -0.4 is 15.5 Å². The van der Waals surface area contributed by atoms with Crippen LogP contribution in [0.2, 0.25) is 0 Å². The molecule has 0 bridgehead atoms. The van der Waals surface area contributed by atoms with Gasteiger partial charge in [0.1, 0.15) is 0 Å². The summed E-state index contributed by atoms with van der Waals surface area (Å²) in [6, 6.07) is 10.4. The normalized spacial score (nSPS) is 25.6. The van der Waals surface area contributed by atoms with E-state index in [1.165, 1.54) is 0 Å². The smallest absolute Gasteiger partial charge is 0.229 e. The van der Waals surface area contributed by atoms with Gasteiger partial charge in [-0.15, -0.1) is 0 Å². The molecule has 7 nitrogen and oxygen atoms in total. The number of anilines is 1. The van der Waals surface area contributed by atoms with Crippen molar-refractivity contribution in [3.8, 4) is 0 Å². The van der Waals surface area contributed by atoms with E-state index in [-0.39, 0.29) is 11.9 Å². The molecule has 142 valence electrons. The Balaban J connectivity index is 1.52. The second-order valence-electron chi connectivity index (χ2n) is 7.24. The van der Waals surface area contributed by atoms with Gasteiger partial charge in [0.2, 0.25) is 5.91 Å². The summed E-state index contributed by atoms with van der Waals surface area (Å²) >= 11 is 0. The number of likely N-dealkylation sites (N-methyl/N-ethyl adjacent to an activating group) is 2. The van der Waals surface area contributed by atoms with Crippen molar-refractivity contribution in [1.29, 1.82) is 0 Å². The first-order valence-electron chi connectivity index (χ1n) is 9.28. The summed E-state index contributed by atoms with van der Waals surface area (Å²) in [6.45, 7) is 4.74. The number of carbonyl (C=O) groups is 1. The molecular weight excluding hydrogens is 328 g/mol. The van der Waals surface area contributed by atoms with Crippen molar-refractivity contribution in [3.05, 3.63) is 30.3 Å². The van der Waals surface area contributed by atoms with Gasteiger partial charge in [-0.25, -0.2) is 0 Å². The van der Waals surface area contributed by atoms with Crippen LogP contribution in [0.4, 0.5) is 5.69 Å². The highest BCUT2D eigenvalue weighted by atomic mass is 16.2. The number of hydrogen-bond acceptors (Lipinski definition) is 4. The van der Waals surface area contributed by atoms with Gasteiger partial charge in [-0.3, -0.25) is 14.7 Å². The second kappa shape index (κ2) is 8.51. The number of para-hydroxylation sites is 1. The molecule has 2 N–H and O–H groups in total. The molecule has 2 atom stereocenters. The highest BCUT2D eigenvalue weighted by Crippen LogP contribution is 2.20. The Morgan fingerprint density at radius 3 is 2.69 bits per heavy atom. The van der Waals surface area contributed by atoms with Crippen molar-refractivity contribution >= 4 is 17.6 Å². The third-order valence-corrected chi connectivity index (χ3v) is 5.24. The Kier molecular flexibility index (Phi) is 6.11. The molecule has 2 saturated heterocycles. The number of carbonyl (C=O) groups excluding carboxylic acids is 1. The van der Waals surface area contributed by atoms with Gasteiger partial charge in [0, 0.05) is 57.9 Å². The van der Waals surface area contributed by atoms with Crippen molar-refractivity contribution in [2.45, 2.75) is 18.5 Å². The Hall–Kier alpha value is -2.12. The molecule has 2 aliphatic heterocycles. The quantitative estimate of drug-likeness (QED) is 0.595. The number of guanidine groups is 1. The molecule has 26 heavy (non-hydrogen) atoms. The Morgan fingerprint density at radius 2 is 1.96 bits per heavy atom. The van der Waals surface area contributed by atoms with Crippen molar-refractivity contribution in [2.24, 2.45) is 4.99 Å². The van der Waals surface area contributed by atoms with Crippen LogP contribution in [0, 0.1) is 0 Å². The molecule has 0 spiro atoms. The first-order chi connectivity index (χ1) is 12.6. The average molecular weight is 358 g/mol. The van der Waals surface area contributed by atoms with Gasteiger partial charge in [-0.05, 0) is 26.2 Å². The lowest BCUT2D eigenvalue weighted by atomic mass is 10.2. The van der Waals surface area contributed by atoms with E-state index in [2.05, 4.69) is 39.5 Å². The molecule has 2 unspecified atom stereocenters. The maximum atomic E-state index is 12.4. The van der Waals surface area contributed by atoms with Gasteiger partial charge in [-0.2, -0.15) is 0 Å². The molecule has 3 rings (SSSR count). The van der Waals surface area contributed by atoms with Crippen molar-refractivity contribution in [1.82, 2.24) is 20.4 Å². The summed E-state index contributed by atoms with van der Waals surface area (Å²) in [5.41, 5.74) is 0.955. The van der Waals surface area contributed by atoms with E-state index >= 15 is 0 Å². The molecule has 0 radical (unpaired) electrons. The summed E-state index contributed by atoms with van der Waals surface area (Å²) < 4.78 is 0. The maximum absolute atomic E-state index is 12.4. The zero-order valence-electron chi connectivity index (χ0n) is 16.0. The van der Waals surface area contributed by atoms with E-state index < -0.39 is 0 Å². The molecule has 2 heterocycles. The number of aliphatic imine (C=N–C) groups is 1. The third kappa shape index (κ3) is 4.53. The molecule has 0 aromatic heterocycles. The number of nitrogens with one attached hydrogen (secondary N) is 2. The average Bonchev–Trinajstić information content (AvgIpc) is 3.02. The van der Waals surface area contributed by atoms with Crippen LogP contribution in [0.1, 0.15) is 6.42 Å². The number of benzene rings is 1. The molecular formula is C19H30N6O. The number of hydrogen-bond donors (Lipinski definition) is 2. The van der Waals surface area contributed by atoms with Crippen LogP contribution in [0.15, 0.2) is 35.3 Å². The summed E-state index contributed by atoms with van der Waals surface area (Å²) in [5.74, 6) is 0.914. The van der Waals surface area contributed by atoms with E-state index in [1.54, 1.807) is 7.05 Å². The van der Waals surface area contributed by atoms with E-state index in [0.717, 1.165) is 37.8 Å². The van der Waals surface area contributed by atoms with E-state index in [9.17, 15) is 4.79 Å². The molecule has 1 aromatic carbocycles. The topological polar surface area (TPSA) is 63.2 Å². The number of piperazine rings is 1. The summed E-state index contributed by atoms with van der Waals surface area (Å²) in [4.78, 5) is 23.3. The second-order valence-corrected chi connectivity index (χ2v) is 7.24. The molecule has 2 fully saturated rings. The predicted molar refractivity (Wildman–Crippen MR) is 106 cm³/mol. The Bertz CT molecular complexity index is 634. The van der Waals surface area contributed by atoms with E-state index in [0.29, 0.717) is 19.0 Å². The lowest BCUT2D eigenvalue weighted by Gasteiger charge is -2.38. The van der Waals surface area contributed by atoms with Crippen molar-refractivity contribution in [3.63, 3.8) is 0 Å². The standard InChI is InChI=1S/C19H30N6O/c1-20-19(21-12-17-14-23(2)9-10-24(17)3)22-15-11-18(26)25(13-15)16-7-5-4-6-8-16/h4-8,15,17H,9-14H2,1-3H3,(H2,20,21,22). The van der Waals surface area contributed by atoms with E-state index in [4.69, 9.17) is 0 Å². The van der Waals surface area contributed by atoms with E-state index in [1.807, 2.05) is 35.2 Å². The minimum Gasteiger partial charge on any atom is -0.355 e. The van der Waals surface area contributed by atoms with Crippen LogP contribution >= 0.6 is 0 Å². The monoisotopic (exact) mass is 358 g/mol. The van der Waals surface area contributed by atoms with Gasteiger partial charge in [0.25, 0.3) is 0 Å². The van der Waals surface area contributed by atoms with Crippen molar-refractivity contribution in [2.75, 3.05) is 58.8 Å². The minimum atomic E-state index is 0.0701. The minimum absolute atomic E-state index is 0.0701. The van der Waals surface area contributed by atoms with Gasteiger partial charge >= 0.3 is 0 Å². The van der Waals surface area contributed by atoms with Gasteiger partial charge in [0.05, 0.1) is 6.04 Å².